The van der Waals surface area contributed by atoms with Gasteiger partial charge in [0.2, 0.25) is 0 Å². The number of likely N-dealkylation sites (N-methyl/N-ethyl adjacent to an activating group) is 1. The first-order valence-electron chi connectivity index (χ1n) is 34.3. The van der Waals surface area contributed by atoms with Gasteiger partial charge < -0.3 is 28.5 Å². The molecule has 0 saturated heterocycles. The fourth-order valence-electron chi connectivity index (χ4n) is 9.15. The number of carboxylic acid groups (broad SMARTS) is 1. The van der Waals surface area contributed by atoms with Gasteiger partial charge in [0, 0.05) is 12.8 Å². The molecule has 0 aliphatic heterocycles. The molecule has 2 unspecified atom stereocenters. The van der Waals surface area contributed by atoms with Crippen molar-refractivity contribution in [3.8, 4) is 0 Å². The third-order valence-corrected chi connectivity index (χ3v) is 14.4. The number of aliphatic carboxylic acids is 1. The predicted octanol–water partition coefficient (Wildman–Crippen LogP) is 21.4. The van der Waals surface area contributed by atoms with Crippen molar-refractivity contribution in [3.63, 3.8) is 0 Å². The van der Waals surface area contributed by atoms with Gasteiger partial charge in [-0.3, -0.25) is 9.59 Å². The Morgan fingerprint density at radius 3 is 1.01 bits per heavy atom. The van der Waals surface area contributed by atoms with Crippen LogP contribution in [-0.4, -0.2) is 87.4 Å². The van der Waals surface area contributed by atoms with E-state index in [1.165, 1.54) is 128 Å². The van der Waals surface area contributed by atoms with E-state index < -0.39 is 24.3 Å². The van der Waals surface area contributed by atoms with Gasteiger partial charge in [-0.2, -0.15) is 0 Å². The van der Waals surface area contributed by atoms with Crippen LogP contribution >= 0.6 is 0 Å². The van der Waals surface area contributed by atoms with Crippen LogP contribution in [0.2, 0.25) is 0 Å². The van der Waals surface area contributed by atoms with Gasteiger partial charge >= 0.3 is 17.9 Å². The monoisotopic (exact) mass is 1180 g/mol. The number of unbranched alkanes of at least 4 members (excludes halogenated alkanes) is 25. The summed E-state index contributed by atoms with van der Waals surface area (Å²) in [6.07, 6.45) is 91.2. The summed E-state index contributed by atoms with van der Waals surface area (Å²) in [5.74, 6) is -2.02. The second-order valence-electron chi connectivity index (χ2n) is 23.7. The maximum Gasteiger partial charge on any atom is 0.361 e. The Labute approximate surface area is 522 Å². The molecule has 0 fully saturated rings. The third-order valence-electron chi connectivity index (χ3n) is 14.4. The molecule has 9 nitrogen and oxygen atoms in total. The van der Waals surface area contributed by atoms with Crippen molar-refractivity contribution in [2.45, 2.75) is 283 Å². The maximum atomic E-state index is 12.9. The number of rotatable bonds is 62. The highest BCUT2D eigenvalue weighted by Gasteiger charge is 2.25. The van der Waals surface area contributed by atoms with E-state index in [0.717, 1.165) is 109 Å². The topological polar surface area (TPSA) is 108 Å². The Balaban J connectivity index is 4.14. The number of quaternary nitrogens is 1. The van der Waals surface area contributed by atoms with Gasteiger partial charge in [0.25, 0.3) is 6.29 Å². The molecule has 0 aliphatic carbocycles. The third kappa shape index (κ3) is 66.8. The van der Waals surface area contributed by atoms with E-state index >= 15 is 0 Å². The number of carbonyl (C=O) groups is 3. The van der Waals surface area contributed by atoms with E-state index in [1.807, 2.05) is 21.1 Å². The minimum atomic E-state index is -1.52. The highest BCUT2D eigenvalue weighted by molar-refractivity contribution is 5.71. The summed E-state index contributed by atoms with van der Waals surface area (Å²) < 4.78 is 22.9. The van der Waals surface area contributed by atoms with Crippen LogP contribution in [-0.2, 0) is 33.3 Å². The smallest absolute Gasteiger partial charge is 0.361 e. The van der Waals surface area contributed by atoms with Crippen LogP contribution in [0.5, 0.6) is 0 Å². The summed E-state index contributed by atoms with van der Waals surface area (Å²) in [4.78, 5) is 37.6. The average Bonchev–Trinajstić information content (AvgIpc) is 3.49. The van der Waals surface area contributed by atoms with Crippen LogP contribution in [0.15, 0.2) is 134 Å². The molecule has 85 heavy (non-hydrogen) atoms. The van der Waals surface area contributed by atoms with Crippen LogP contribution in [0.4, 0.5) is 0 Å². The Kier molecular flexibility index (Phi) is 61.9. The first-order chi connectivity index (χ1) is 41.6. The van der Waals surface area contributed by atoms with Crippen molar-refractivity contribution >= 4 is 17.9 Å². The van der Waals surface area contributed by atoms with Crippen molar-refractivity contribution in [2.75, 3.05) is 47.5 Å². The second-order valence-corrected chi connectivity index (χ2v) is 23.7. The number of allylic oxidation sites excluding steroid dienone is 22. The molecule has 0 amide bonds. The van der Waals surface area contributed by atoms with Gasteiger partial charge in [-0.15, -0.1) is 0 Å². The largest absolute Gasteiger partial charge is 0.477 e. The molecule has 0 aliphatic rings. The number of hydrogen-bond donors (Lipinski definition) is 1. The summed E-state index contributed by atoms with van der Waals surface area (Å²) >= 11 is 0. The first kappa shape index (κ1) is 80.4. The van der Waals surface area contributed by atoms with E-state index in [-0.39, 0.29) is 32.2 Å². The molecular formula is C76H128NO8+. The Morgan fingerprint density at radius 2 is 0.671 bits per heavy atom. The quantitative estimate of drug-likeness (QED) is 0.0211. The van der Waals surface area contributed by atoms with Gasteiger partial charge in [-0.1, -0.05) is 276 Å². The van der Waals surface area contributed by atoms with E-state index in [2.05, 4.69) is 148 Å². The minimum Gasteiger partial charge on any atom is -0.477 e. The number of nitrogens with zero attached hydrogens (tertiary/aromatic N) is 1. The van der Waals surface area contributed by atoms with E-state index in [4.69, 9.17) is 18.9 Å². The van der Waals surface area contributed by atoms with Crippen molar-refractivity contribution in [1.29, 1.82) is 0 Å². The zero-order valence-corrected chi connectivity index (χ0v) is 55.2. The lowest BCUT2D eigenvalue weighted by molar-refractivity contribution is -0.870. The number of ether oxygens (including phenoxy) is 4. The normalized spacial score (nSPS) is 13.6. The van der Waals surface area contributed by atoms with Crippen molar-refractivity contribution < 1.29 is 42.9 Å². The number of carboxylic acids is 1. The van der Waals surface area contributed by atoms with Crippen molar-refractivity contribution in [2.24, 2.45) is 0 Å². The maximum absolute atomic E-state index is 12.9. The Bertz CT molecular complexity index is 1860. The van der Waals surface area contributed by atoms with E-state index in [9.17, 15) is 19.5 Å². The standard InChI is InChI=1S/C76H127NO8/c1-6-8-10-12-14-16-18-20-22-24-26-27-28-29-30-31-32-33-34-35-36-37-38-39-40-41-42-43-44-45-46-47-49-51-53-55-57-59-61-63-65-67-74(79)85-72(71-84-76(75(80)81)82-69-68-77(3,4)5)70-83-73(78)66-64-62-60-58-56-54-52-50-48-25-23-21-19-17-15-13-11-9-7-2/h8,10,14,16,20-23,26-27,29-30,32-33,35-36,38-39,41-42,44-45,72,76H,6-7,9,11-13,15,17-19,24-25,28,31,34,37,40,43,46-71H2,1-5H3/p+1/b10-8-,16-14-,22-20-,23-21-,27-26-,30-29-,33-32-,36-35-,39-38-,42-41-,45-44-. The molecule has 0 radical (unpaired) electrons. The zero-order valence-electron chi connectivity index (χ0n) is 55.2. The summed E-state index contributed by atoms with van der Waals surface area (Å²) in [6.45, 7) is 4.76. The van der Waals surface area contributed by atoms with Gasteiger partial charge in [0.05, 0.1) is 34.4 Å². The lowest BCUT2D eigenvalue weighted by Crippen LogP contribution is -2.40. The summed E-state index contributed by atoms with van der Waals surface area (Å²) in [7, 11) is 5.97. The summed E-state index contributed by atoms with van der Waals surface area (Å²) in [5, 5.41) is 9.73. The van der Waals surface area contributed by atoms with Gasteiger partial charge in [0.15, 0.2) is 6.10 Å². The van der Waals surface area contributed by atoms with Crippen LogP contribution < -0.4 is 0 Å². The molecule has 0 rings (SSSR count). The first-order valence-corrected chi connectivity index (χ1v) is 34.3. The highest BCUT2D eigenvalue weighted by atomic mass is 16.7. The average molecular weight is 1180 g/mol. The molecule has 2 atom stereocenters. The van der Waals surface area contributed by atoms with Gasteiger partial charge in [-0.05, 0) is 116 Å². The van der Waals surface area contributed by atoms with Crippen molar-refractivity contribution in [1.82, 2.24) is 0 Å². The molecule has 0 bridgehead atoms. The second kappa shape index (κ2) is 65.4. The van der Waals surface area contributed by atoms with Crippen molar-refractivity contribution in [3.05, 3.63) is 134 Å². The molecule has 0 aromatic heterocycles. The highest BCUT2D eigenvalue weighted by Crippen LogP contribution is 2.16. The zero-order chi connectivity index (χ0) is 61.9. The van der Waals surface area contributed by atoms with Crippen LogP contribution in [0.25, 0.3) is 0 Å². The van der Waals surface area contributed by atoms with Crippen LogP contribution in [0.1, 0.15) is 271 Å². The minimum absolute atomic E-state index is 0.181. The molecule has 0 aromatic rings. The lowest BCUT2D eigenvalue weighted by Gasteiger charge is -2.25. The summed E-state index contributed by atoms with van der Waals surface area (Å²) in [6, 6.07) is 0. The number of hydrogen-bond acceptors (Lipinski definition) is 7. The van der Waals surface area contributed by atoms with E-state index in [0.29, 0.717) is 23.9 Å². The molecule has 0 saturated carbocycles. The predicted molar refractivity (Wildman–Crippen MR) is 364 cm³/mol. The number of esters is 2. The van der Waals surface area contributed by atoms with Gasteiger partial charge in [0.1, 0.15) is 13.2 Å². The fourth-order valence-corrected chi connectivity index (χ4v) is 9.15. The molecule has 484 valence electrons. The Hall–Kier alpha value is -4.57. The fraction of sp³-hybridized carbons (Fsp3) is 0.671. The van der Waals surface area contributed by atoms with Crippen LogP contribution in [0, 0.1) is 0 Å². The molecule has 1 N–H and O–H groups in total. The lowest BCUT2D eigenvalue weighted by atomic mass is 10.0. The Morgan fingerprint density at radius 1 is 0.365 bits per heavy atom. The summed E-state index contributed by atoms with van der Waals surface area (Å²) in [5.41, 5.74) is 0. The SMILES string of the molecule is CC/C=C\C/C=C\C/C=C\C/C=C\C/C=C\C/C=C\C/C=C\C/C=C\C/C=C\C/C=C\CCCCCCCCCCCCC(=O)OC(COC(=O)CCCCCCCCCCC/C=C\CCCCCCCC)COC(OCC[N+](C)(C)C)C(=O)O. The van der Waals surface area contributed by atoms with Crippen LogP contribution in [0.3, 0.4) is 0 Å². The molecule has 0 heterocycles. The molecule has 0 aromatic carbocycles. The molecular weight excluding hydrogens is 1050 g/mol. The van der Waals surface area contributed by atoms with Gasteiger partial charge in [-0.25, -0.2) is 4.79 Å². The number of carbonyl (C=O) groups excluding carboxylic acids is 2. The molecule has 0 spiro atoms. The molecule has 9 heteroatoms. The van der Waals surface area contributed by atoms with E-state index in [1.54, 1.807) is 0 Å².